The van der Waals surface area contributed by atoms with Gasteiger partial charge < -0.3 is 10.5 Å². The van der Waals surface area contributed by atoms with Crippen LogP contribution in [0.2, 0.25) is 0 Å². The highest BCUT2D eigenvalue weighted by atomic mass is 16.5. The van der Waals surface area contributed by atoms with Gasteiger partial charge in [-0.05, 0) is 44.1 Å². The van der Waals surface area contributed by atoms with E-state index in [2.05, 4.69) is 0 Å². The predicted molar refractivity (Wildman–Crippen MR) is 78.4 cm³/mol. The van der Waals surface area contributed by atoms with Crippen LogP contribution >= 0.6 is 0 Å². The van der Waals surface area contributed by atoms with Gasteiger partial charge in [0.2, 0.25) is 0 Å². The third-order valence-electron chi connectivity index (χ3n) is 4.82. The number of hydrogen-bond donors (Lipinski definition) is 1. The molecule has 1 saturated heterocycles. The summed E-state index contributed by atoms with van der Waals surface area (Å²) in [5.74, 6) is 0.325. The maximum absolute atomic E-state index is 12.5. The molecule has 108 valence electrons. The van der Waals surface area contributed by atoms with Crippen molar-refractivity contribution in [2.45, 2.75) is 50.2 Å². The summed E-state index contributed by atoms with van der Waals surface area (Å²) in [5, 5.41) is 0. The molecule has 0 radical (unpaired) electrons. The summed E-state index contributed by atoms with van der Waals surface area (Å²) in [6.07, 6.45) is 5.83. The molecule has 2 aliphatic rings. The van der Waals surface area contributed by atoms with Gasteiger partial charge in [-0.3, -0.25) is 4.79 Å². The zero-order valence-electron chi connectivity index (χ0n) is 11.9. The first-order valence-corrected chi connectivity index (χ1v) is 7.66. The standard InChI is InChI=1S/C17H23NO2/c18-15(11-13-5-2-1-3-6-13)16(19)14-7-10-20-17(12-14)8-4-9-17/h1-3,5-6,14-15H,4,7-12,18H2. The summed E-state index contributed by atoms with van der Waals surface area (Å²) in [5.41, 5.74) is 7.29. The molecule has 3 nitrogen and oxygen atoms in total. The van der Waals surface area contributed by atoms with Gasteiger partial charge in [0.05, 0.1) is 11.6 Å². The SMILES string of the molecule is NC(Cc1ccccc1)C(=O)C1CCOC2(CCC2)C1. The molecule has 1 aromatic carbocycles. The second-order valence-corrected chi connectivity index (χ2v) is 6.27. The van der Waals surface area contributed by atoms with Crippen LogP contribution in [0.4, 0.5) is 0 Å². The smallest absolute Gasteiger partial charge is 0.153 e. The first-order chi connectivity index (χ1) is 9.69. The quantitative estimate of drug-likeness (QED) is 0.917. The summed E-state index contributed by atoms with van der Waals surface area (Å²) in [6.45, 7) is 0.717. The molecule has 1 aliphatic carbocycles. The van der Waals surface area contributed by atoms with Crippen molar-refractivity contribution in [3.8, 4) is 0 Å². The molecule has 3 rings (SSSR count). The van der Waals surface area contributed by atoms with E-state index in [1.54, 1.807) is 0 Å². The van der Waals surface area contributed by atoms with Gasteiger partial charge in [-0.1, -0.05) is 30.3 Å². The minimum Gasteiger partial charge on any atom is -0.375 e. The highest BCUT2D eigenvalue weighted by Gasteiger charge is 2.44. The summed E-state index contributed by atoms with van der Waals surface area (Å²) < 4.78 is 5.89. The Labute approximate surface area is 120 Å². The van der Waals surface area contributed by atoms with Crippen molar-refractivity contribution in [3.05, 3.63) is 35.9 Å². The molecule has 0 bridgehead atoms. The summed E-state index contributed by atoms with van der Waals surface area (Å²) >= 11 is 0. The Bertz CT molecular complexity index is 467. The third kappa shape index (κ3) is 2.79. The van der Waals surface area contributed by atoms with E-state index in [9.17, 15) is 4.79 Å². The van der Waals surface area contributed by atoms with E-state index in [0.717, 1.165) is 31.2 Å². The number of rotatable bonds is 4. The fraction of sp³-hybridized carbons (Fsp3) is 0.588. The molecule has 1 aliphatic heterocycles. The van der Waals surface area contributed by atoms with Crippen LogP contribution in [-0.2, 0) is 16.0 Å². The molecule has 1 saturated carbocycles. The number of carbonyl (C=O) groups is 1. The normalized spacial score (nSPS) is 25.9. The van der Waals surface area contributed by atoms with Crippen LogP contribution in [0.25, 0.3) is 0 Å². The molecular weight excluding hydrogens is 250 g/mol. The van der Waals surface area contributed by atoms with Crippen LogP contribution in [0.5, 0.6) is 0 Å². The lowest BCUT2D eigenvalue weighted by atomic mass is 9.70. The Kier molecular flexibility index (Phi) is 3.90. The van der Waals surface area contributed by atoms with Gasteiger partial charge in [0, 0.05) is 12.5 Å². The van der Waals surface area contributed by atoms with Crippen molar-refractivity contribution in [3.63, 3.8) is 0 Å². The maximum Gasteiger partial charge on any atom is 0.153 e. The van der Waals surface area contributed by atoms with Crippen LogP contribution in [0.3, 0.4) is 0 Å². The topological polar surface area (TPSA) is 52.3 Å². The molecular formula is C17H23NO2. The molecule has 2 atom stereocenters. The van der Waals surface area contributed by atoms with E-state index in [4.69, 9.17) is 10.5 Å². The average Bonchev–Trinajstić information content (AvgIpc) is 2.46. The second-order valence-electron chi connectivity index (χ2n) is 6.27. The Hall–Kier alpha value is -1.19. The van der Waals surface area contributed by atoms with E-state index >= 15 is 0 Å². The summed E-state index contributed by atoms with van der Waals surface area (Å²) in [6, 6.07) is 9.65. The highest BCUT2D eigenvalue weighted by molar-refractivity contribution is 5.86. The van der Waals surface area contributed by atoms with Crippen molar-refractivity contribution in [2.24, 2.45) is 11.7 Å². The van der Waals surface area contributed by atoms with Crippen LogP contribution in [0.1, 0.15) is 37.7 Å². The molecule has 1 heterocycles. The summed E-state index contributed by atoms with van der Waals surface area (Å²) in [7, 11) is 0. The van der Waals surface area contributed by atoms with Crippen molar-refractivity contribution in [1.29, 1.82) is 0 Å². The maximum atomic E-state index is 12.5. The number of ketones is 1. The number of ether oxygens (including phenoxy) is 1. The second kappa shape index (κ2) is 5.66. The monoisotopic (exact) mass is 273 g/mol. The number of benzene rings is 1. The van der Waals surface area contributed by atoms with Gasteiger partial charge in [0.15, 0.2) is 5.78 Å². The molecule has 1 aromatic rings. The predicted octanol–water partition coefficient (Wildman–Crippen LogP) is 2.47. The van der Waals surface area contributed by atoms with Crippen LogP contribution in [0, 0.1) is 5.92 Å². The molecule has 20 heavy (non-hydrogen) atoms. The first-order valence-electron chi connectivity index (χ1n) is 7.66. The average molecular weight is 273 g/mol. The van der Waals surface area contributed by atoms with Crippen molar-refractivity contribution in [1.82, 2.24) is 0 Å². The third-order valence-corrected chi connectivity index (χ3v) is 4.82. The minimum atomic E-state index is -0.377. The number of hydrogen-bond acceptors (Lipinski definition) is 3. The van der Waals surface area contributed by atoms with Gasteiger partial charge in [0.25, 0.3) is 0 Å². The van der Waals surface area contributed by atoms with Crippen molar-refractivity contribution < 1.29 is 9.53 Å². The van der Waals surface area contributed by atoms with Crippen LogP contribution < -0.4 is 5.73 Å². The van der Waals surface area contributed by atoms with Gasteiger partial charge in [-0.2, -0.15) is 0 Å². The molecule has 2 fully saturated rings. The number of carbonyl (C=O) groups excluding carboxylic acids is 1. The highest BCUT2D eigenvalue weighted by Crippen LogP contribution is 2.44. The molecule has 1 spiro atoms. The van der Waals surface area contributed by atoms with Gasteiger partial charge in [0.1, 0.15) is 0 Å². The fourth-order valence-electron chi connectivity index (χ4n) is 3.46. The molecule has 0 aromatic heterocycles. The molecule has 3 heteroatoms. The van der Waals surface area contributed by atoms with Crippen LogP contribution in [0.15, 0.2) is 30.3 Å². The van der Waals surface area contributed by atoms with Crippen molar-refractivity contribution in [2.75, 3.05) is 6.61 Å². The first kappa shape index (κ1) is 13.8. The van der Waals surface area contributed by atoms with E-state index < -0.39 is 0 Å². The zero-order chi connectivity index (χ0) is 14.0. The lowest BCUT2D eigenvalue weighted by Crippen LogP contribution is -2.49. The lowest BCUT2D eigenvalue weighted by Gasteiger charge is -2.47. The number of nitrogens with two attached hydrogens (primary N) is 1. The van der Waals surface area contributed by atoms with Gasteiger partial charge >= 0.3 is 0 Å². The van der Waals surface area contributed by atoms with Crippen molar-refractivity contribution >= 4 is 5.78 Å². The largest absolute Gasteiger partial charge is 0.375 e. The van der Waals surface area contributed by atoms with E-state index in [1.165, 1.54) is 6.42 Å². The minimum absolute atomic E-state index is 0.0189. The molecule has 2 N–H and O–H groups in total. The fourth-order valence-corrected chi connectivity index (χ4v) is 3.46. The molecule has 2 unspecified atom stereocenters. The molecule has 0 amide bonds. The van der Waals surface area contributed by atoms with Gasteiger partial charge in [-0.25, -0.2) is 0 Å². The van der Waals surface area contributed by atoms with E-state index in [0.29, 0.717) is 13.0 Å². The van der Waals surface area contributed by atoms with E-state index in [1.807, 2.05) is 30.3 Å². The Morgan fingerprint density at radius 2 is 2.10 bits per heavy atom. The van der Waals surface area contributed by atoms with Crippen LogP contribution in [-0.4, -0.2) is 24.0 Å². The zero-order valence-corrected chi connectivity index (χ0v) is 11.9. The lowest BCUT2D eigenvalue weighted by molar-refractivity contribution is -0.156. The Balaban J connectivity index is 1.60. The summed E-state index contributed by atoms with van der Waals surface area (Å²) in [4.78, 5) is 12.5. The van der Waals surface area contributed by atoms with Gasteiger partial charge in [-0.15, -0.1) is 0 Å². The Morgan fingerprint density at radius 1 is 1.35 bits per heavy atom. The Morgan fingerprint density at radius 3 is 2.75 bits per heavy atom. The van der Waals surface area contributed by atoms with E-state index in [-0.39, 0.29) is 23.3 Å². The number of Topliss-reactive ketones (excluding diaryl/α,β-unsaturated/α-hetero) is 1.